The Labute approximate surface area is 241 Å². The Balaban J connectivity index is 1.69. The van der Waals surface area contributed by atoms with Gasteiger partial charge >= 0.3 is 12.3 Å². The van der Waals surface area contributed by atoms with Gasteiger partial charge in [0, 0.05) is 18.5 Å². The number of halogens is 3. The second-order valence-electron chi connectivity index (χ2n) is 10.3. The molecule has 2 N–H and O–H groups in total. The molecule has 2 aromatic carbocycles. The van der Waals surface area contributed by atoms with Gasteiger partial charge in [0.15, 0.2) is 9.84 Å². The molecule has 0 saturated heterocycles. The van der Waals surface area contributed by atoms with Crippen LogP contribution in [0, 0.1) is 0 Å². The van der Waals surface area contributed by atoms with Crippen molar-refractivity contribution < 1.29 is 52.7 Å². The first-order valence-electron chi connectivity index (χ1n) is 12.4. The van der Waals surface area contributed by atoms with Crippen LogP contribution in [0.25, 0.3) is 0 Å². The van der Waals surface area contributed by atoms with E-state index in [1.165, 1.54) is 30.3 Å². The van der Waals surface area contributed by atoms with Crippen LogP contribution in [0.15, 0.2) is 52.3 Å². The second-order valence-corrected chi connectivity index (χ2v) is 16.2. The average molecular weight is 656 g/mol. The third-order valence-corrected chi connectivity index (χ3v) is 11.3. The van der Waals surface area contributed by atoms with Gasteiger partial charge in [0.05, 0.1) is 27.3 Å². The van der Waals surface area contributed by atoms with Gasteiger partial charge in [-0.25, -0.2) is 34.8 Å². The number of rotatable bonds is 9. The molecule has 1 atom stereocenters. The Hall–Kier alpha value is -3.09. The highest BCUT2D eigenvalue weighted by Gasteiger charge is 2.51. The second kappa shape index (κ2) is 10.9. The summed E-state index contributed by atoms with van der Waals surface area (Å²) in [5.41, 5.74) is -3.11. The third-order valence-electron chi connectivity index (χ3n) is 6.46. The van der Waals surface area contributed by atoms with E-state index in [1.54, 1.807) is 0 Å². The van der Waals surface area contributed by atoms with E-state index >= 15 is 0 Å². The van der Waals surface area contributed by atoms with Crippen molar-refractivity contribution >= 4 is 47.4 Å². The maximum absolute atomic E-state index is 13.8. The van der Waals surface area contributed by atoms with Gasteiger partial charge < -0.3 is 9.47 Å². The minimum absolute atomic E-state index is 0.0470. The molecule has 18 heteroatoms. The van der Waals surface area contributed by atoms with Gasteiger partial charge in [-0.3, -0.25) is 9.62 Å². The van der Waals surface area contributed by atoms with E-state index in [4.69, 9.17) is 4.74 Å². The third kappa shape index (κ3) is 6.92. The summed E-state index contributed by atoms with van der Waals surface area (Å²) in [6.45, 7) is 0.598. The quantitative estimate of drug-likeness (QED) is 0.413. The molecule has 12 nitrogen and oxygen atoms in total. The number of alkyl halides is 3. The number of carbonyl (C=O) groups excluding carboxylic acids is 1. The molecular weight excluding hydrogens is 627 g/mol. The van der Waals surface area contributed by atoms with Gasteiger partial charge in [-0.05, 0) is 63.1 Å². The lowest BCUT2D eigenvalue weighted by Crippen LogP contribution is -2.48. The summed E-state index contributed by atoms with van der Waals surface area (Å²) in [5.74, 6) is -0.0470. The molecule has 232 valence electrons. The van der Waals surface area contributed by atoms with Gasteiger partial charge in [0.1, 0.15) is 11.9 Å². The molecule has 0 bridgehead atoms. The summed E-state index contributed by atoms with van der Waals surface area (Å²) < 4.78 is 130. The van der Waals surface area contributed by atoms with Crippen LogP contribution in [0.4, 0.5) is 29.3 Å². The topological polar surface area (TPSA) is 165 Å². The van der Waals surface area contributed by atoms with E-state index in [2.05, 4.69) is 14.8 Å². The monoisotopic (exact) mass is 655 g/mol. The Morgan fingerprint density at radius 3 is 2.26 bits per heavy atom. The van der Waals surface area contributed by atoms with E-state index in [0.717, 1.165) is 22.7 Å². The summed E-state index contributed by atoms with van der Waals surface area (Å²) in [5, 5.41) is 1.59. The van der Waals surface area contributed by atoms with Crippen LogP contribution in [-0.4, -0.2) is 73.8 Å². The number of nitrogens with one attached hydrogen (secondary N) is 2. The highest BCUT2D eigenvalue weighted by atomic mass is 32.2. The van der Waals surface area contributed by atoms with Gasteiger partial charge in [0.25, 0.3) is 10.0 Å². The van der Waals surface area contributed by atoms with Crippen molar-refractivity contribution in [3.05, 3.63) is 42.5 Å². The zero-order chi connectivity index (χ0) is 31.3. The van der Waals surface area contributed by atoms with Gasteiger partial charge in [0.2, 0.25) is 15.6 Å². The molecule has 1 saturated carbocycles. The van der Waals surface area contributed by atoms with E-state index in [-0.39, 0.29) is 28.6 Å². The Morgan fingerprint density at radius 2 is 1.67 bits per heavy atom. The van der Waals surface area contributed by atoms with Crippen LogP contribution in [0.1, 0.15) is 26.7 Å². The minimum atomic E-state index is -4.87. The predicted molar refractivity (Wildman–Crippen MR) is 145 cm³/mol. The first-order valence-corrected chi connectivity index (χ1v) is 17.3. The lowest BCUT2D eigenvalue weighted by atomic mass is 10.1. The normalized spacial score (nSPS) is 18.1. The number of amides is 1. The largest absolute Gasteiger partial charge is 0.485 e. The Bertz CT molecular complexity index is 1710. The molecule has 1 aliphatic carbocycles. The predicted octanol–water partition coefficient (Wildman–Crippen LogP) is 3.02. The number of nitrogens with zero attached hydrogens (tertiary/aromatic N) is 1. The van der Waals surface area contributed by atoms with Crippen LogP contribution in [-0.2, 0) is 34.6 Å². The van der Waals surface area contributed by atoms with Crippen molar-refractivity contribution in [1.29, 1.82) is 0 Å². The number of hydrogen-bond donors (Lipinski definition) is 2. The molecule has 1 aliphatic heterocycles. The number of sulfone groups is 1. The number of hydrogen-bond acceptors (Lipinski definition) is 9. The van der Waals surface area contributed by atoms with Crippen molar-refractivity contribution in [2.24, 2.45) is 0 Å². The first-order chi connectivity index (χ1) is 19.2. The van der Waals surface area contributed by atoms with E-state index in [0.29, 0.717) is 26.7 Å². The lowest BCUT2D eigenvalue weighted by Gasteiger charge is -2.36. The zero-order valence-corrected chi connectivity index (χ0v) is 25.0. The zero-order valence-electron chi connectivity index (χ0n) is 22.5. The molecule has 0 unspecified atom stereocenters. The molecule has 1 heterocycles. The van der Waals surface area contributed by atoms with Gasteiger partial charge in [-0.2, -0.15) is 13.2 Å². The lowest BCUT2D eigenvalue weighted by molar-refractivity contribution is -0.242. The Morgan fingerprint density at radius 1 is 1.02 bits per heavy atom. The summed E-state index contributed by atoms with van der Waals surface area (Å²) >= 11 is 0. The molecule has 2 aliphatic rings. The smallest absolute Gasteiger partial charge is 0.427 e. The SMILES string of the molecule is CC(C)(OC(=O)Nc1ccc2c(c1)N(S(=O)(=O)c1cccc(S(C)(=O)=O)c1)C[C@H](CNS(=O)(=O)C1CC1)O2)C(F)(F)F. The minimum Gasteiger partial charge on any atom is -0.485 e. The maximum atomic E-state index is 13.8. The van der Waals surface area contributed by atoms with Crippen LogP contribution < -0.4 is 19.1 Å². The maximum Gasteiger partial charge on any atom is 0.427 e. The van der Waals surface area contributed by atoms with Gasteiger partial charge in [-0.15, -0.1) is 0 Å². The van der Waals surface area contributed by atoms with Crippen molar-refractivity contribution in [1.82, 2.24) is 4.72 Å². The standard InChI is InChI=1S/C24H28F3N3O9S3/c1-23(2,24(25,26)27)39-22(31)29-15-7-10-21-20(11-15)30(14-16(38-21)13-28-41(34,35)17-8-9-17)42(36,37)19-6-4-5-18(12-19)40(3,32)33/h4-7,10-12,16-17,28H,8-9,13-14H2,1-3H3,(H,29,31)/t16-/m0/s1. The molecule has 1 fully saturated rings. The molecule has 4 rings (SSSR count). The molecule has 1 amide bonds. The van der Waals surface area contributed by atoms with E-state index < -0.39 is 70.5 Å². The average Bonchev–Trinajstić information content (AvgIpc) is 3.72. The number of ether oxygens (including phenoxy) is 2. The summed E-state index contributed by atoms with van der Waals surface area (Å²) in [6.07, 6.45) is -5.44. The number of anilines is 2. The van der Waals surface area contributed by atoms with Crippen molar-refractivity contribution in [3.8, 4) is 5.75 Å². The summed E-state index contributed by atoms with van der Waals surface area (Å²) in [6, 6.07) is 8.18. The van der Waals surface area contributed by atoms with Crippen molar-refractivity contribution in [2.45, 2.75) is 59.6 Å². The fourth-order valence-corrected chi connectivity index (χ4v) is 7.55. The van der Waals surface area contributed by atoms with Crippen molar-refractivity contribution in [3.63, 3.8) is 0 Å². The fourth-order valence-electron chi connectivity index (χ4n) is 3.85. The van der Waals surface area contributed by atoms with Crippen LogP contribution in [0.5, 0.6) is 5.75 Å². The molecule has 0 spiro atoms. The molecule has 0 radical (unpaired) electrons. The molecule has 0 aromatic heterocycles. The first kappa shape index (κ1) is 31.8. The Kier molecular flexibility index (Phi) is 8.24. The number of sulfonamides is 2. The molecule has 2 aromatic rings. The highest BCUT2D eigenvalue weighted by molar-refractivity contribution is 7.93. The van der Waals surface area contributed by atoms with Crippen molar-refractivity contribution in [2.75, 3.05) is 29.0 Å². The summed E-state index contributed by atoms with van der Waals surface area (Å²) in [4.78, 5) is 11.6. The number of fused-ring (bicyclic) bond motifs is 1. The fraction of sp³-hybridized carbons (Fsp3) is 0.458. The van der Waals surface area contributed by atoms with Crippen LogP contribution >= 0.6 is 0 Å². The van der Waals surface area contributed by atoms with Crippen LogP contribution in [0.2, 0.25) is 0 Å². The van der Waals surface area contributed by atoms with Crippen LogP contribution in [0.3, 0.4) is 0 Å². The van der Waals surface area contributed by atoms with E-state index in [9.17, 15) is 43.2 Å². The highest BCUT2D eigenvalue weighted by Crippen LogP contribution is 2.40. The van der Waals surface area contributed by atoms with E-state index in [1.807, 2.05) is 0 Å². The molecule has 42 heavy (non-hydrogen) atoms. The number of carbonyl (C=O) groups is 1. The summed E-state index contributed by atoms with van der Waals surface area (Å²) in [7, 11) is -12.0. The van der Waals surface area contributed by atoms with Gasteiger partial charge in [-0.1, -0.05) is 6.07 Å². The molecular formula is C24H28F3N3O9S3. The number of benzene rings is 2.